The Balaban J connectivity index is 1.74. The van der Waals surface area contributed by atoms with Gasteiger partial charge >= 0.3 is 6.09 Å². The van der Waals surface area contributed by atoms with Gasteiger partial charge in [0.05, 0.1) is 10.0 Å². The van der Waals surface area contributed by atoms with Crippen molar-refractivity contribution in [2.45, 2.75) is 58.1 Å². The predicted molar refractivity (Wildman–Crippen MR) is 104 cm³/mol. The molecule has 0 spiro atoms. The fourth-order valence-electron chi connectivity index (χ4n) is 2.82. The Bertz CT molecular complexity index is 651. The number of piperidine rings is 1. The van der Waals surface area contributed by atoms with Crippen molar-refractivity contribution in [2.24, 2.45) is 0 Å². The van der Waals surface area contributed by atoms with Crippen molar-refractivity contribution in [2.75, 3.05) is 13.1 Å². The van der Waals surface area contributed by atoms with E-state index in [4.69, 9.17) is 27.9 Å². The number of amides is 2. The van der Waals surface area contributed by atoms with Gasteiger partial charge < -0.3 is 15.0 Å². The van der Waals surface area contributed by atoms with Gasteiger partial charge in [-0.1, -0.05) is 35.3 Å². The van der Waals surface area contributed by atoms with Gasteiger partial charge in [0, 0.05) is 25.6 Å². The summed E-state index contributed by atoms with van der Waals surface area (Å²) in [7, 11) is 0. The number of hydrogen-bond acceptors (Lipinski definition) is 3. The fraction of sp³-hybridized carbons (Fsp3) is 0.579. The summed E-state index contributed by atoms with van der Waals surface area (Å²) in [4.78, 5) is 25.9. The summed E-state index contributed by atoms with van der Waals surface area (Å²) in [5.41, 5.74) is 0.373. The van der Waals surface area contributed by atoms with Crippen LogP contribution >= 0.6 is 23.2 Å². The number of likely N-dealkylation sites (tertiary alicyclic amines) is 1. The van der Waals surface area contributed by atoms with Crippen LogP contribution in [0.25, 0.3) is 0 Å². The minimum absolute atomic E-state index is 0.0169. The van der Waals surface area contributed by atoms with Crippen LogP contribution in [0.4, 0.5) is 4.79 Å². The summed E-state index contributed by atoms with van der Waals surface area (Å²) in [5.74, 6) is -0.0169. The van der Waals surface area contributed by atoms with Gasteiger partial charge in [0.25, 0.3) is 0 Å². The third-order valence-corrected chi connectivity index (χ3v) is 5.02. The van der Waals surface area contributed by atoms with E-state index >= 15 is 0 Å². The first-order valence-corrected chi connectivity index (χ1v) is 9.61. The van der Waals surface area contributed by atoms with Gasteiger partial charge in [-0.2, -0.15) is 0 Å². The molecule has 0 atom stereocenters. The Hall–Kier alpha value is -1.46. The van der Waals surface area contributed by atoms with E-state index in [0.29, 0.717) is 36.0 Å². The number of hydrogen-bond donors (Lipinski definition) is 1. The summed E-state index contributed by atoms with van der Waals surface area (Å²) in [6, 6.07) is 5.51. The number of halogens is 2. The van der Waals surface area contributed by atoms with Gasteiger partial charge in [-0.15, -0.1) is 0 Å². The third-order valence-electron chi connectivity index (χ3n) is 4.16. The molecular formula is C19H26Cl2N2O3. The molecule has 0 aliphatic carbocycles. The molecule has 1 N–H and O–H groups in total. The molecule has 0 saturated carbocycles. The smallest absolute Gasteiger partial charge is 0.410 e. The Morgan fingerprint density at radius 2 is 1.88 bits per heavy atom. The molecule has 0 aromatic heterocycles. The topological polar surface area (TPSA) is 58.6 Å². The second-order valence-electron chi connectivity index (χ2n) is 7.52. The van der Waals surface area contributed by atoms with E-state index < -0.39 is 5.60 Å². The summed E-state index contributed by atoms with van der Waals surface area (Å²) in [5, 5.41) is 4.04. The second kappa shape index (κ2) is 8.96. The molecule has 1 aliphatic rings. The molecule has 0 unspecified atom stereocenters. The van der Waals surface area contributed by atoms with E-state index in [1.54, 1.807) is 11.0 Å². The lowest BCUT2D eigenvalue weighted by Gasteiger charge is -2.33. The molecule has 1 fully saturated rings. The first kappa shape index (κ1) is 20.8. The van der Waals surface area contributed by atoms with Gasteiger partial charge in [-0.25, -0.2) is 4.79 Å². The number of carbonyl (C=O) groups excluding carboxylic acids is 2. The van der Waals surface area contributed by atoms with Gasteiger partial charge in [-0.3, -0.25) is 4.79 Å². The van der Waals surface area contributed by atoms with Crippen LogP contribution in [0.3, 0.4) is 0 Å². The van der Waals surface area contributed by atoms with Crippen LogP contribution in [0.2, 0.25) is 10.0 Å². The van der Waals surface area contributed by atoms with E-state index in [9.17, 15) is 9.59 Å². The van der Waals surface area contributed by atoms with Crippen molar-refractivity contribution in [3.05, 3.63) is 33.8 Å². The first-order chi connectivity index (χ1) is 12.2. The van der Waals surface area contributed by atoms with Crippen LogP contribution in [-0.2, 0) is 16.0 Å². The van der Waals surface area contributed by atoms with Crippen molar-refractivity contribution < 1.29 is 14.3 Å². The molecule has 2 rings (SSSR count). The highest BCUT2D eigenvalue weighted by Gasteiger charge is 2.27. The quantitative estimate of drug-likeness (QED) is 0.812. The average Bonchev–Trinajstić information content (AvgIpc) is 2.55. The van der Waals surface area contributed by atoms with Gasteiger partial charge in [0.2, 0.25) is 5.91 Å². The van der Waals surface area contributed by atoms with Gasteiger partial charge in [0.15, 0.2) is 0 Å². The van der Waals surface area contributed by atoms with Gasteiger partial charge in [-0.05, 0) is 51.7 Å². The fourth-order valence-corrected chi connectivity index (χ4v) is 3.24. The first-order valence-electron chi connectivity index (χ1n) is 8.86. The number of ether oxygens (including phenoxy) is 1. The largest absolute Gasteiger partial charge is 0.444 e. The maximum absolute atomic E-state index is 12.2. The lowest BCUT2D eigenvalue weighted by Crippen LogP contribution is -2.47. The monoisotopic (exact) mass is 400 g/mol. The van der Waals surface area contributed by atoms with E-state index in [1.807, 2.05) is 32.9 Å². The van der Waals surface area contributed by atoms with Crippen molar-refractivity contribution in [1.29, 1.82) is 0 Å². The Morgan fingerprint density at radius 1 is 1.23 bits per heavy atom. The van der Waals surface area contributed by atoms with Gasteiger partial charge in [0.1, 0.15) is 5.60 Å². The molecule has 5 nitrogen and oxygen atoms in total. The number of aryl methyl sites for hydroxylation is 1. The zero-order valence-electron chi connectivity index (χ0n) is 15.5. The summed E-state index contributed by atoms with van der Waals surface area (Å²) < 4.78 is 5.38. The standard InChI is InChI=1S/C19H26Cl2N2O3/c1-19(2,3)26-18(25)23-11-9-14(10-12-23)22-16(24)8-7-13-5-4-6-15(20)17(13)21/h4-6,14H,7-12H2,1-3H3,(H,22,24). The maximum Gasteiger partial charge on any atom is 0.410 e. The molecule has 0 radical (unpaired) electrons. The SMILES string of the molecule is CC(C)(C)OC(=O)N1CCC(NC(=O)CCc2cccc(Cl)c2Cl)CC1. The van der Waals surface area contributed by atoms with Crippen LogP contribution in [0, 0.1) is 0 Å². The van der Waals surface area contributed by atoms with Crippen LogP contribution < -0.4 is 5.32 Å². The molecular weight excluding hydrogens is 375 g/mol. The minimum Gasteiger partial charge on any atom is -0.444 e. The Morgan fingerprint density at radius 3 is 2.50 bits per heavy atom. The molecule has 0 bridgehead atoms. The summed E-state index contributed by atoms with van der Waals surface area (Å²) >= 11 is 12.1. The van der Waals surface area contributed by atoms with E-state index in [0.717, 1.165) is 18.4 Å². The number of carbonyl (C=O) groups is 2. The number of rotatable bonds is 4. The number of nitrogens with one attached hydrogen (secondary N) is 1. The third kappa shape index (κ3) is 6.36. The Labute approximate surface area is 165 Å². The second-order valence-corrected chi connectivity index (χ2v) is 8.31. The molecule has 1 heterocycles. The van der Waals surface area contributed by atoms with Crippen molar-refractivity contribution in [1.82, 2.24) is 10.2 Å². The average molecular weight is 401 g/mol. The summed E-state index contributed by atoms with van der Waals surface area (Å²) in [6.45, 7) is 6.72. The zero-order valence-corrected chi connectivity index (χ0v) is 17.0. The molecule has 1 aliphatic heterocycles. The highest BCUT2D eigenvalue weighted by molar-refractivity contribution is 6.42. The predicted octanol–water partition coefficient (Wildman–Crippen LogP) is 4.44. The van der Waals surface area contributed by atoms with E-state index in [1.165, 1.54) is 0 Å². The van der Waals surface area contributed by atoms with Crippen LogP contribution in [0.5, 0.6) is 0 Å². The van der Waals surface area contributed by atoms with Crippen molar-refractivity contribution in [3.8, 4) is 0 Å². The van der Waals surface area contributed by atoms with E-state index in [2.05, 4.69) is 5.32 Å². The molecule has 26 heavy (non-hydrogen) atoms. The highest BCUT2D eigenvalue weighted by Crippen LogP contribution is 2.26. The van der Waals surface area contributed by atoms with Crippen molar-refractivity contribution in [3.63, 3.8) is 0 Å². The summed E-state index contributed by atoms with van der Waals surface area (Å²) in [6.07, 6.45) is 2.05. The molecule has 2 amide bonds. The minimum atomic E-state index is -0.496. The van der Waals surface area contributed by atoms with Crippen LogP contribution in [-0.4, -0.2) is 41.6 Å². The normalized spacial score (nSPS) is 15.7. The number of benzene rings is 1. The molecule has 1 aromatic carbocycles. The van der Waals surface area contributed by atoms with Crippen molar-refractivity contribution >= 4 is 35.2 Å². The maximum atomic E-state index is 12.2. The molecule has 1 saturated heterocycles. The Kier molecular flexibility index (Phi) is 7.18. The molecule has 7 heteroatoms. The van der Waals surface area contributed by atoms with Crippen LogP contribution in [0.1, 0.15) is 45.6 Å². The highest BCUT2D eigenvalue weighted by atomic mass is 35.5. The van der Waals surface area contributed by atoms with E-state index in [-0.39, 0.29) is 18.0 Å². The zero-order chi connectivity index (χ0) is 19.3. The van der Waals surface area contributed by atoms with Crippen LogP contribution in [0.15, 0.2) is 18.2 Å². The molecule has 1 aromatic rings. The number of nitrogens with zero attached hydrogens (tertiary/aromatic N) is 1. The lowest BCUT2D eigenvalue weighted by molar-refractivity contribution is -0.122. The molecule has 144 valence electrons. The lowest BCUT2D eigenvalue weighted by atomic mass is 10.0.